The largest absolute Gasteiger partial charge is 0.492 e. The lowest BCUT2D eigenvalue weighted by Gasteiger charge is -2.35. The molecule has 3 aromatic rings. The van der Waals surface area contributed by atoms with Gasteiger partial charge >= 0.3 is 6.18 Å². The molecule has 1 saturated heterocycles. The van der Waals surface area contributed by atoms with Gasteiger partial charge in [-0.05, 0) is 36.8 Å². The molecule has 4 rings (SSSR count). The molecule has 0 radical (unpaired) electrons. The average Bonchev–Trinajstić information content (AvgIpc) is 2.96. The van der Waals surface area contributed by atoms with Gasteiger partial charge in [-0.2, -0.15) is 13.2 Å². The fourth-order valence-corrected chi connectivity index (χ4v) is 5.13. The number of sulfonamides is 1. The lowest BCUT2D eigenvalue weighted by atomic mass is 10.1. The highest BCUT2D eigenvalue weighted by atomic mass is 32.2. The van der Waals surface area contributed by atoms with E-state index in [1.807, 2.05) is 42.2 Å². The first-order valence-electron chi connectivity index (χ1n) is 13.1. The molecule has 222 valence electrons. The van der Waals surface area contributed by atoms with Crippen molar-refractivity contribution in [2.45, 2.75) is 26.1 Å². The van der Waals surface area contributed by atoms with E-state index in [0.717, 1.165) is 29.8 Å². The first kappa shape index (κ1) is 30.7. The highest BCUT2D eigenvalue weighted by molar-refractivity contribution is 7.90. The van der Waals surface area contributed by atoms with Crippen LogP contribution >= 0.6 is 0 Å². The maximum Gasteiger partial charge on any atom is 0.390 e. The Balaban J connectivity index is 1.32. The summed E-state index contributed by atoms with van der Waals surface area (Å²) in [5.74, 6) is 5.18. The number of carbonyl (C=O) groups is 1. The van der Waals surface area contributed by atoms with Crippen molar-refractivity contribution in [1.82, 2.24) is 24.8 Å². The summed E-state index contributed by atoms with van der Waals surface area (Å²) in [7, 11) is -4.47. The Kier molecular flexibility index (Phi) is 9.97. The fourth-order valence-electron chi connectivity index (χ4n) is 4.14. The summed E-state index contributed by atoms with van der Waals surface area (Å²) < 4.78 is 67.6. The number of benzene rings is 1. The van der Waals surface area contributed by atoms with Crippen LogP contribution in [0.4, 0.5) is 19.0 Å². The highest BCUT2D eigenvalue weighted by Crippen LogP contribution is 2.20. The van der Waals surface area contributed by atoms with Crippen molar-refractivity contribution in [1.29, 1.82) is 0 Å². The second-order valence-electron chi connectivity index (χ2n) is 9.40. The third-order valence-electron chi connectivity index (χ3n) is 6.26. The van der Waals surface area contributed by atoms with E-state index in [-0.39, 0.29) is 5.69 Å². The fraction of sp³-hybridized carbons (Fsp3) is 0.357. The van der Waals surface area contributed by atoms with Gasteiger partial charge < -0.3 is 9.64 Å². The van der Waals surface area contributed by atoms with Crippen LogP contribution in [0.15, 0.2) is 54.9 Å². The summed E-state index contributed by atoms with van der Waals surface area (Å²) >= 11 is 0. The van der Waals surface area contributed by atoms with E-state index < -0.39 is 34.3 Å². The first-order chi connectivity index (χ1) is 20.0. The lowest BCUT2D eigenvalue weighted by Crippen LogP contribution is -2.46. The van der Waals surface area contributed by atoms with Crippen molar-refractivity contribution >= 4 is 21.7 Å². The molecule has 0 aliphatic carbocycles. The van der Waals surface area contributed by atoms with Crippen molar-refractivity contribution in [2.75, 3.05) is 43.4 Å². The normalized spacial score (nSPS) is 14.1. The molecule has 0 bridgehead atoms. The van der Waals surface area contributed by atoms with E-state index in [0.29, 0.717) is 37.8 Å². The van der Waals surface area contributed by atoms with Crippen LogP contribution in [-0.4, -0.2) is 79.1 Å². The van der Waals surface area contributed by atoms with Gasteiger partial charge in [0.1, 0.15) is 5.75 Å². The zero-order valence-electron chi connectivity index (χ0n) is 22.8. The van der Waals surface area contributed by atoms with Crippen LogP contribution in [0.5, 0.6) is 5.75 Å². The number of aromatic nitrogens is 3. The Morgan fingerprint density at radius 1 is 1.05 bits per heavy atom. The third kappa shape index (κ3) is 9.15. The Hall–Kier alpha value is -4.22. The van der Waals surface area contributed by atoms with Gasteiger partial charge in [-0.1, -0.05) is 30.0 Å². The van der Waals surface area contributed by atoms with Crippen LogP contribution in [0, 0.1) is 11.8 Å². The number of alkyl halides is 3. The van der Waals surface area contributed by atoms with Crippen LogP contribution in [-0.2, 0) is 16.6 Å². The smallest absolute Gasteiger partial charge is 0.390 e. The predicted octanol–water partition coefficient (Wildman–Crippen LogP) is 3.00. The van der Waals surface area contributed by atoms with Crippen molar-refractivity contribution in [3.8, 4) is 17.6 Å². The van der Waals surface area contributed by atoms with Crippen LogP contribution in [0.1, 0.15) is 40.5 Å². The molecule has 1 fully saturated rings. The number of nitrogens with one attached hydrogen (secondary N) is 1. The van der Waals surface area contributed by atoms with Crippen LogP contribution in [0.3, 0.4) is 0 Å². The average molecular weight is 603 g/mol. The minimum atomic E-state index is -4.66. The summed E-state index contributed by atoms with van der Waals surface area (Å²) in [6.45, 7) is 5.88. The number of halogens is 3. The van der Waals surface area contributed by atoms with Crippen molar-refractivity contribution in [2.24, 2.45) is 0 Å². The molecule has 2 aromatic heterocycles. The summed E-state index contributed by atoms with van der Waals surface area (Å²) in [6, 6.07) is 12.6. The quantitative estimate of drug-likeness (QED) is 0.369. The van der Waals surface area contributed by atoms with E-state index >= 15 is 0 Å². The molecule has 1 amide bonds. The van der Waals surface area contributed by atoms with E-state index in [2.05, 4.69) is 31.9 Å². The molecule has 0 atom stereocenters. The number of anilines is 1. The van der Waals surface area contributed by atoms with Crippen LogP contribution in [0.25, 0.3) is 0 Å². The second-order valence-corrected chi connectivity index (χ2v) is 11.2. The van der Waals surface area contributed by atoms with Gasteiger partial charge in [-0.3, -0.25) is 14.7 Å². The van der Waals surface area contributed by atoms with E-state index in [4.69, 9.17) is 4.74 Å². The van der Waals surface area contributed by atoms with Crippen molar-refractivity contribution in [3.05, 3.63) is 77.2 Å². The molecule has 1 N–H and O–H groups in total. The zero-order chi connectivity index (χ0) is 30.2. The molecular weight excluding hydrogens is 573 g/mol. The number of amides is 1. The van der Waals surface area contributed by atoms with Gasteiger partial charge in [-0.15, -0.1) is 10.2 Å². The lowest BCUT2D eigenvalue weighted by molar-refractivity contribution is -0.130. The Labute approximate surface area is 242 Å². The van der Waals surface area contributed by atoms with Gasteiger partial charge in [0.25, 0.3) is 5.91 Å². The predicted molar refractivity (Wildman–Crippen MR) is 149 cm³/mol. The van der Waals surface area contributed by atoms with Crippen LogP contribution < -0.4 is 14.4 Å². The van der Waals surface area contributed by atoms with Gasteiger partial charge in [-0.25, -0.2) is 13.1 Å². The van der Waals surface area contributed by atoms with Gasteiger partial charge in [0.05, 0.1) is 25.0 Å². The number of piperazine rings is 1. The molecule has 10 nitrogen and oxygen atoms in total. The van der Waals surface area contributed by atoms with Crippen LogP contribution in [0.2, 0.25) is 0 Å². The number of ether oxygens (including phenoxy) is 1. The Morgan fingerprint density at radius 2 is 1.81 bits per heavy atom. The molecule has 1 aromatic carbocycles. The second kappa shape index (κ2) is 13.6. The molecule has 3 heterocycles. The van der Waals surface area contributed by atoms with Gasteiger partial charge in [0.2, 0.25) is 10.0 Å². The highest BCUT2D eigenvalue weighted by Gasteiger charge is 2.31. The number of hydrogen-bond donors (Lipinski definition) is 1. The van der Waals surface area contributed by atoms with E-state index in [9.17, 15) is 26.4 Å². The first-order valence-corrected chi connectivity index (χ1v) is 14.8. The van der Waals surface area contributed by atoms with Crippen molar-refractivity contribution < 1.29 is 31.1 Å². The van der Waals surface area contributed by atoms with Gasteiger partial charge in [0.15, 0.2) is 11.5 Å². The molecule has 1 aliphatic rings. The van der Waals surface area contributed by atoms with Gasteiger partial charge in [0, 0.05) is 50.0 Å². The minimum Gasteiger partial charge on any atom is -0.492 e. The van der Waals surface area contributed by atoms with Crippen molar-refractivity contribution in [3.63, 3.8) is 0 Å². The maximum atomic E-state index is 12.3. The Morgan fingerprint density at radius 3 is 2.50 bits per heavy atom. The van der Waals surface area contributed by atoms with E-state index in [1.165, 1.54) is 12.1 Å². The topological polar surface area (TPSA) is 118 Å². The third-order valence-corrected chi connectivity index (χ3v) is 7.50. The maximum absolute atomic E-state index is 12.3. The summed E-state index contributed by atoms with van der Waals surface area (Å²) in [6.07, 6.45) is -2.87. The molecule has 0 spiro atoms. The zero-order valence-corrected chi connectivity index (χ0v) is 23.6. The number of rotatable bonds is 9. The summed E-state index contributed by atoms with van der Waals surface area (Å²) in [5, 5.41) is 7.80. The molecule has 1 aliphatic heterocycles. The standard InChI is InChI=1S/C28H29F3N6O4S/c1-2-41-24-17-21(18-32-19-24)7-8-22-5-3-4-6-23(22)20-36-12-14-37(15-13-36)26-10-9-25(33-34-26)27(38)35-42(39,40)16-11-28(29,30)31/h3-6,9-10,17-19H,2,11-16,20H2,1H3,(H,35,38). The summed E-state index contributed by atoms with van der Waals surface area (Å²) in [4.78, 5) is 20.6. The number of nitrogens with zero attached hydrogens (tertiary/aromatic N) is 5. The van der Waals surface area contributed by atoms with E-state index in [1.54, 1.807) is 17.1 Å². The molecular formula is C28H29F3N6O4S. The SMILES string of the molecule is CCOc1cncc(C#Cc2ccccc2CN2CCN(c3ccc(C(=O)NS(=O)(=O)CCC(F)(F)F)nn3)CC2)c1. The monoisotopic (exact) mass is 602 g/mol. The molecule has 0 saturated carbocycles. The minimum absolute atomic E-state index is 0.314. The Bertz CT molecular complexity index is 1550. The molecule has 42 heavy (non-hydrogen) atoms. The number of pyridine rings is 1. The number of carbonyl (C=O) groups excluding carboxylic acids is 1. The molecule has 14 heteroatoms. The molecule has 0 unspecified atom stereocenters. The summed E-state index contributed by atoms with van der Waals surface area (Å²) in [5.41, 5.74) is 2.46. The number of hydrogen-bond acceptors (Lipinski definition) is 9.